The lowest BCUT2D eigenvalue weighted by Crippen LogP contribution is -2.39. The second kappa shape index (κ2) is 7.46. The first-order chi connectivity index (χ1) is 12.0. The fourth-order valence-corrected chi connectivity index (χ4v) is 5.76. The number of carbonyl (C=O) groups is 1. The summed E-state index contributed by atoms with van der Waals surface area (Å²) in [6, 6.07) is 6.83. The highest BCUT2D eigenvalue weighted by Crippen LogP contribution is 2.36. The lowest BCUT2D eigenvalue weighted by Gasteiger charge is -2.31. The van der Waals surface area contributed by atoms with Crippen LogP contribution in [0, 0.1) is 5.92 Å². The van der Waals surface area contributed by atoms with Crippen LogP contribution in [-0.4, -0.2) is 49.2 Å². The Morgan fingerprint density at radius 3 is 2.36 bits per heavy atom. The van der Waals surface area contributed by atoms with Crippen molar-refractivity contribution >= 4 is 15.9 Å². The summed E-state index contributed by atoms with van der Waals surface area (Å²) in [5.74, 6) is 0.696. The van der Waals surface area contributed by atoms with E-state index >= 15 is 0 Å². The predicted molar refractivity (Wildman–Crippen MR) is 97.9 cm³/mol. The molecule has 0 aromatic heterocycles. The lowest BCUT2D eigenvalue weighted by molar-refractivity contribution is 0.0690. The highest BCUT2D eigenvalue weighted by atomic mass is 32.2. The molecule has 2 atom stereocenters. The molecule has 1 aromatic rings. The van der Waals surface area contributed by atoms with E-state index in [4.69, 9.17) is 0 Å². The SMILES string of the molecule is CCN(CC)S(=O)(=O)c1ccc(C(=O)N2CCC3CCCCC32)cc1. The Labute approximate surface area is 151 Å². The molecule has 25 heavy (non-hydrogen) atoms. The second-order valence-electron chi connectivity index (χ2n) is 7.01. The van der Waals surface area contributed by atoms with Crippen LogP contribution in [0.15, 0.2) is 29.2 Å². The van der Waals surface area contributed by atoms with Crippen molar-refractivity contribution in [3.05, 3.63) is 29.8 Å². The average molecular weight is 365 g/mol. The Bertz CT molecular complexity index is 711. The molecule has 1 saturated carbocycles. The van der Waals surface area contributed by atoms with Crippen molar-refractivity contribution in [1.29, 1.82) is 0 Å². The van der Waals surface area contributed by atoms with Crippen LogP contribution in [0.4, 0.5) is 0 Å². The summed E-state index contributed by atoms with van der Waals surface area (Å²) in [5, 5.41) is 0. The number of amides is 1. The van der Waals surface area contributed by atoms with E-state index in [0.29, 0.717) is 30.6 Å². The zero-order chi connectivity index (χ0) is 18.0. The fourth-order valence-electron chi connectivity index (χ4n) is 4.31. The highest BCUT2D eigenvalue weighted by Gasteiger charge is 2.38. The van der Waals surface area contributed by atoms with Crippen LogP contribution in [0.5, 0.6) is 0 Å². The molecule has 0 radical (unpaired) electrons. The standard InChI is InChI=1S/C19H28N2O3S/c1-3-20(4-2)25(23,24)17-11-9-16(10-12-17)19(22)21-14-13-15-7-5-6-8-18(15)21/h9-12,15,18H,3-8,13-14H2,1-2H3. The van der Waals surface area contributed by atoms with Crippen LogP contribution in [0.2, 0.25) is 0 Å². The molecule has 0 bridgehead atoms. The number of fused-ring (bicyclic) bond motifs is 1. The van der Waals surface area contributed by atoms with Crippen LogP contribution in [0.3, 0.4) is 0 Å². The molecule has 2 aliphatic rings. The van der Waals surface area contributed by atoms with Crippen molar-refractivity contribution in [1.82, 2.24) is 9.21 Å². The molecule has 2 unspecified atom stereocenters. The fraction of sp³-hybridized carbons (Fsp3) is 0.632. The first-order valence-electron chi connectivity index (χ1n) is 9.40. The Morgan fingerprint density at radius 1 is 1.08 bits per heavy atom. The van der Waals surface area contributed by atoms with Crippen LogP contribution in [-0.2, 0) is 10.0 Å². The molecule has 1 aromatic carbocycles. The normalized spacial score (nSPS) is 23.7. The van der Waals surface area contributed by atoms with Gasteiger partial charge in [-0.1, -0.05) is 26.7 Å². The number of carbonyl (C=O) groups excluding carboxylic acids is 1. The van der Waals surface area contributed by atoms with Crippen molar-refractivity contribution in [2.45, 2.75) is 56.9 Å². The molecule has 1 aliphatic carbocycles. The number of benzene rings is 1. The quantitative estimate of drug-likeness (QED) is 0.806. The minimum atomic E-state index is -3.47. The average Bonchev–Trinajstić information content (AvgIpc) is 3.06. The van der Waals surface area contributed by atoms with Gasteiger partial charge in [0.2, 0.25) is 10.0 Å². The van der Waals surface area contributed by atoms with Gasteiger partial charge < -0.3 is 4.90 Å². The first kappa shape index (κ1) is 18.4. The number of rotatable bonds is 5. The summed E-state index contributed by atoms with van der Waals surface area (Å²) in [6.45, 7) is 5.36. The summed E-state index contributed by atoms with van der Waals surface area (Å²) in [6.07, 6.45) is 5.91. The maximum atomic E-state index is 12.9. The maximum Gasteiger partial charge on any atom is 0.254 e. The van der Waals surface area contributed by atoms with Crippen LogP contribution < -0.4 is 0 Å². The Balaban J connectivity index is 1.77. The topological polar surface area (TPSA) is 57.7 Å². The Hall–Kier alpha value is -1.40. The Kier molecular flexibility index (Phi) is 5.49. The molecule has 1 saturated heterocycles. The minimum Gasteiger partial charge on any atom is -0.335 e. The molecule has 0 N–H and O–H groups in total. The monoisotopic (exact) mass is 364 g/mol. The molecule has 138 valence electrons. The second-order valence-corrected chi connectivity index (χ2v) is 8.95. The van der Waals surface area contributed by atoms with E-state index in [9.17, 15) is 13.2 Å². The van der Waals surface area contributed by atoms with Crippen LogP contribution in [0.25, 0.3) is 0 Å². The largest absolute Gasteiger partial charge is 0.335 e. The van der Waals surface area contributed by atoms with E-state index in [-0.39, 0.29) is 10.8 Å². The third kappa shape index (κ3) is 3.47. The van der Waals surface area contributed by atoms with Gasteiger partial charge in [0.05, 0.1) is 4.90 Å². The molecule has 2 fully saturated rings. The molecule has 5 nitrogen and oxygen atoms in total. The molecule has 1 amide bonds. The number of hydrogen-bond donors (Lipinski definition) is 0. The maximum absolute atomic E-state index is 12.9. The first-order valence-corrected chi connectivity index (χ1v) is 10.8. The molecular formula is C19H28N2O3S. The summed E-state index contributed by atoms with van der Waals surface area (Å²) in [4.78, 5) is 15.1. The summed E-state index contributed by atoms with van der Waals surface area (Å²) < 4.78 is 26.5. The molecule has 1 heterocycles. The molecule has 0 spiro atoms. The third-order valence-corrected chi connectivity index (χ3v) is 7.78. The van der Waals surface area contributed by atoms with Gasteiger partial charge in [0.1, 0.15) is 0 Å². The van der Waals surface area contributed by atoms with Gasteiger partial charge in [-0.2, -0.15) is 4.31 Å². The minimum absolute atomic E-state index is 0.0428. The van der Waals surface area contributed by atoms with Gasteiger partial charge in [-0.15, -0.1) is 0 Å². The zero-order valence-corrected chi connectivity index (χ0v) is 16.0. The van der Waals surface area contributed by atoms with Gasteiger partial charge in [-0.25, -0.2) is 8.42 Å². The number of sulfonamides is 1. The number of hydrogen-bond acceptors (Lipinski definition) is 3. The summed E-state index contributed by atoms with van der Waals surface area (Å²) in [5.41, 5.74) is 0.588. The number of nitrogens with zero attached hydrogens (tertiary/aromatic N) is 2. The van der Waals surface area contributed by atoms with Crippen molar-refractivity contribution in [3.8, 4) is 0 Å². The van der Waals surface area contributed by atoms with Crippen molar-refractivity contribution in [2.75, 3.05) is 19.6 Å². The van der Waals surface area contributed by atoms with Crippen molar-refractivity contribution < 1.29 is 13.2 Å². The summed E-state index contributed by atoms with van der Waals surface area (Å²) >= 11 is 0. The molecule has 1 aliphatic heterocycles. The van der Waals surface area contributed by atoms with Gasteiger partial charge in [0.15, 0.2) is 0 Å². The van der Waals surface area contributed by atoms with Gasteiger partial charge in [-0.3, -0.25) is 4.79 Å². The van der Waals surface area contributed by atoms with Crippen LogP contribution >= 0.6 is 0 Å². The third-order valence-electron chi connectivity index (χ3n) is 5.72. The number of likely N-dealkylation sites (tertiary alicyclic amines) is 1. The van der Waals surface area contributed by atoms with E-state index in [0.717, 1.165) is 19.4 Å². The van der Waals surface area contributed by atoms with Gasteiger partial charge in [0.25, 0.3) is 5.91 Å². The molecule has 6 heteroatoms. The zero-order valence-electron chi connectivity index (χ0n) is 15.1. The molecule has 3 rings (SSSR count). The smallest absolute Gasteiger partial charge is 0.254 e. The van der Waals surface area contributed by atoms with E-state index in [1.165, 1.54) is 23.6 Å². The van der Waals surface area contributed by atoms with Gasteiger partial charge in [0, 0.05) is 31.2 Å². The van der Waals surface area contributed by atoms with Gasteiger partial charge in [-0.05, 0) is 49.4 Å². The summed E-state index contributed by atoms with van der Waals surface area (Å²) in [7, 11) is -3.47. The van der Waals surface area contributed by atoms with Crippen molar-refractivity contribution in [2.24, 2.45) is 5.92 Å². The van der Waals surface area contributed by atoms with Gasteiger partial charge >= 0.3 is 0 Å². The van der Waals surface area contributed by atoms with E-state index in [1.54, 1.807) is 24.3 Å². The van der Waals surface area contributed by atoms with E-state index in [2.05, 4.69) is 0 Å². The predicted octanol–water partition coefficient (Wildman–Crippen LogP) is 3.12. The van der Waals surface area contributed by atoms with E-state index < -0.39 is 10.0 Å². The van der Waals surface area contributed by atoms with E-state index in [1.807, 2.05) is 18.7 Å². The van der Waals surface area contributed by atoms with Crippen LogP contribution in [0.1, 0.15) is 56.3 Å². The van der Waals surface area contributed by atoms with Crippen molar-refractivity contribution in [3.63, 3.8) is 0 Å². The molecular weight excluding hydrogens is 336 g/mol. The lowest BCUT2D eigenvalue weighted by atomic mass is 9.85. The Morgan fingerprint density at radius 2 is 1.72 bits per heavy atom. The highest BCUT2D eigenvalue weighted by molar-refractivity contribution is 7.89.